The molecule has 0 radical (unpaired) electrons. The molecule has 78 valence electrons. The highest BCUT2D eigenvalue weighted by atomic mass is 32.1. The Morgan fingerprint density at radius 1 is 1.47 bits per heavy atom. The van der Waals surface area contributed by atoms with E-state index in [4.69, 9.17) is 0 Å². The van der Waals surface area contributed by atoms with E-state index < -0.39 is 0 Å². The molecule has 0 amide bonds. The van der Waals surface area contributed by atoms with Crippen LogP contribution in [0.5, 0.6) is 0 Å². The van der Waals surface area contributed by atoms with Gasteiger partial charge >= 0.3 is 0 Å². The minimum atomic E-state index is 0.646. The van der Waals surface area contributed by atoms with Gasteiger partial charge in [0, 0.05) is 10.9 Å². The molecular formula is C11H13N3S. The van der Waals surface area contributed by atoms with Gasteiger partial charge in [0.05, 0.1) is 5.39 Å². The zero-order valence-corrected chi connectivity index (χ0v) is 9.47. The van der Waals surface area contributed by atoms with Crippen molar-refractivity contribution in [2.45, 2.75) is 32.2 Å². The number of aryl methyl sites for hydroxylation is 1. The second-order valence-electron chi connectivity index (χ2n) is 3.93. The number of fused-ring (bicyclic) bond motifs is 1. The van der Waals surface area contributed by atoms with Crippen molar-refractivity contribution in [1.82, 2.24) is 9.97 Å². The number of anilines is 1. The largest absolute Gasteiger partial charge is 0.367 e. The van der Waals surface area contributed by atoms with Crippen LogP contribution in [0.15, 0.2) is 12.4 Å². The predicted octanol–water partition coefficient (Wildman–Crippen LogP) is 2.83. The van der Waals surface area contributed by atoms with Crippen molar-refractivity contribution in [3.05, 3.63) is 17.3 Å². The Balaban J connectivity index is 2.06. The van der Waals surface area contributed by atoms with Crippen LogP contribution in [0.1, 0.15) is 24.6 Å². The van der Waals surface area contributed by atoms with Crippen LogP contribution in [0.4, 0.5) is 5.82 Å². The van der Waals surface area contributed by atoms with E-state index in [1.807, 2.05) is 0 Å². The van der Waals surface area contributed by atoms with Gasteiger partial charge in [-0.3, -0.25) is 0 Å². The molecule has 1 aliphatic carbocycles. The van der Waals surface area contributed by atoms with E-state index in [2.05, 4.69) is 28.3 Å². The molecule has 1 saturated carbocycles. The van der Waals surface area contributed by atoms with E-state index in [0.717, 1.165) is 17.1 Å². The Labute approximate surface area is 92.6 Å². The van der Waals surface area contributed by atoms with Crippen LogP contribution in [-0.4, -0.2) is 16.0 Å². The lowest BCUT2D eigenvalue weighted by atomic mass is 10.3. The van der Waals surface area contributed by atoms with Crippen LogP contribution in [0, 0.1) is 0 Å². The Morgan fingerprint density at radius 2 is 2.33 bits per heavy atom. The van der Waals surface area contributed by atoms with Crippen molar-refractivity contribution in [2.75, 3.05) is 5.32 Å². The van der Waals surface area contributed by atoms with Crippen LogP contribution >= 0.6 is 11.3 Å². The van der Waals surface area contributed by atoms with Gasteiger partial charge in [-0.1, -0.05) is 6.92 Å². The fourth-order valence-corrected chi connectivity index (χ4v) is 2.55. The summed E-state index contributed by atoms with van der Waals surface area (Å²) in [5.74, 6) is 1.01. The molecule has 1 aliphatic rings. The lowest BCUT2D eigenvalue weighted by Gasteiger charge is -2.02. The lowest BCUT2D eigenvalue weighted by molar-refractivity contribution is 1.11. The first-order chi connectivity index (χ1) is 7.36. The van der Waals surface area contributed by atoms with Gasteiger partial charge in [-0.2, -0.15) is 0 Å². The molecule has 0 aromatic carbocycles. The number of thiophene rings is 1. The maximum absolute atomic E-state index is 4.32. The molecule has 2 aromatic heterocycles. The molecule has 0 spiro atoms. The summed E-state index contributed by atoms with van der Waals surface area (Å²) in [6.07, 6.45) is 5.28. The van der Waals surface area contributed by atoms with Crippen molar-refractivity contribution in [1.29, 1.82) is 0 Å². The third-order valence-corrected chi connectivity index (χ3v) is 3.83. The summed E-state index contributed by atoms with van der Waals surface area (Å²) in [5, 5.41) is 4.64. The second kappa shape index (κ2) is 3.45. The second-order valence-corrected chi connectivity index (χ2v) is 5.04. The van der Waals surface area contributed by atoms with Gasteiger partial charge < -0.3 is 5.32 Å². The highest BCUT2D eigenvalue weighted by Gasteiger charge is 2.22. The fourth-order valence-electron chi connectivity index (χ4n) is 1.62. The molecule has 2 heterocycles. The van der Waals surface area contributed by atoms with Crippen LogP contribution in [0.3, 0.4) is 0 Å². The number of rotatable bonds is 3. The molecule has 0 saturated heterocycles. The van der Waals surface area contributed by atoms with Crippen molar-refractivity contribution < 1.29 is 0 Å². The molecule has 1 N–H and O–H groups in total. The summed E-state index contributed by atoms with van der Waals surface area (Å²) in [6, 6.07) is 2.86. The Bertz CT molecular complexity index is 488. The molecule has 1 fully saturated rings. The van der Waals surface area contributed by atoms with Gasteiger partial charge in [0.15, 0.2) is 0 Å². The number of hydrogen-bond acceptors (Lipinski definition) is 4. The SMILES string of the molecule is CCc1cc2c(NC3CC3)ncnc2s1. The number of aromatic nitrogens is 2. The Morgan fingerprint density at radius 3 is 3.07 bits per heavy atom. The molecular weight excluding hydrogens is 206 g/mol. The first-order valence-corrected chi connectivity index (χ1v) is 6.18. The molecule has 4 heteroatoms. The number of nitrogens with zero attached hydrogens (tertiary/aromatic N) is 2. The zero-order chi connectivity index (χ0) is 10.3. The highest BCUT2D eigenvalue weighted by Crippen LogP contribution is 2.31. The van der Waals surface area contributed by atoms with E-state index in [-0.39, 0.29) is 0 Å². The molecule has 0 bridgehead atoms. The standard InChI is InChI=1S/C11H13N3S/c1-2-8-5-9-10(14-7-3-4-7)12-6-13-11(9)15-8/h5-7H,2-4H2,1H3,(H,12,13,14). The Kier molecular flexibility index (Phi) is 2.09. The summed E-state index contributed by atoms with van der Waals surface area (Å²) >= 11 is 1.77. The van der Waals surface area contributed by atoms with E-state index in [9.17, 15) is 0 Å². The van der Waals surface area contributed by atoms with E-state index in [1.165, 1.54) is 23.1 Å². The summed E-state index contributed by atoms with van der Waals surface area (Å²) in [4.78, 5) is 11.1. The first kappa shape index (κ1) is 9.09. The summed E-state index contributed by atoms with van der Waals surface area (Å²) in [6.45, 7) is 2.17. The minimum absolute atomic E-state index is 0.646. The van der Waals surface area contributed by atoms with Crippen molar-refractivity contribution in [3.8, 4) is 0 Å². The van der Waals surface area contributed by atoms with E-state index in [1.54, 1.807) is 17.7 Å². The third-order valence-electron chi connectivity index (χ3n) is 2.65. The molecule has 0 unspecified atom stereocenters. The molecule has 0 aliphatic heterocycles. The van der Waals surface area contributed by atoms with E-state index in [0.29, 0.717) is 6.04 Å². The van der Waals surface area contributed by atoms with Gasteiger partial charge in [0.2, 0.25) is 0 Å². The normalized spacial score (nSPS) is 15.8. The Hall–Kier alpha value is -1.16. The summed E-state index contributed by atoms with van der Waals surface area (Å²) < 4.78 is 0. The maximum atomic E-state index is 4.32. The summed E-state index contributed by atoms with van der Waals surface area (Å²) in [5.41, 5.74) is 0. The smallest absolute Gasteiger partial charge is 0.138 e. The van der Waals surface area contributed by atoms with Crippen molar-refractivity contribution in [2.24, 2.45) is 0 Å². The topological polar surface area (TPSA) is 37.8 Å². The van der Waals surface area contributed by atoms with Gasteiger partial charge in [-0.15, -0.1) is 11.3 Å². The molecule has 0 atom stereocenters. The fraction of sp³-hybridized carbons (Fsp3) is 0.455. The predicted molar refractivity (Wildman–Crippen MR) is 63.4 cm³/mol. The van der Waals surface area contributed by atoms with E-state index >= 15 is 0 Å². The number of hydrogen-bond donors (Lipinski definition) is 1. The van der Waals surface area contributed by atoms with Crippen molar-refractivity contribution in [3.63, 3.8) is 0 Å². The summed E-state index contributed by atoms with van der Waals surface area (Å²) in [7, 11) is 0. The highest BCUT2D eigenvalue weighted by molar-refractivity contribution is 7.18. The van der Waals surface area contributed by atoms with Crippen LogP contribution in [-0.2, 0) is 6.42 Å². The van der Waals surface area contributed by atoms with Crippen LogP contribution < -0.4 is 5.32 Å². The number of nitrogens with one attached hydrogen (secondary N) is 1. The first-order valence-electron chi connectivity index (χ1n) is 5.37. The maximum Gasteiger partial charge on any atom is 0.138 e. The van der Waals surface area contributed by atoms with Crippen LogP contribution in [0.25, 0.3) is 10.2 Å². The lowest BCUT2D eigenvalue weighted by Crippen LogP contribution is -2.03. The average Bonchev–Trinajstić information content (AvgIpc) is 2.96. The zero-order valence-electron chi connectivity index (χ0n) is 8.66. The monoisotopic (exact) mass is 219 g/mol. The quantitative estimate of drug-likeness (QED) is 0.862. The average molecular weight is 219 g/mol. The van der Waals surface area contributed by atoms with Gasteiger partial charge in [0.1, 0.15) is 17.0 Å². The van der Waals surface area contributed by atoms with Gasteiger partial charge in [-0.25, -0.2) is 9.97 Å². The molecule has 2 aromatic rings. The van der Waals surface area contributed by atoms with Gasteiger partial charge in [0.25, 0.3) is 0 Å². The van der Waals surface area contributed by atoms with Crippen LogP contribution in [0.2, 0.25) is 0 Å². The molecule has 3 nitrogen and oxygen atoms in total. The van der Waals surface area contributed by atoms with Crippen molar-refractivity contribution >= 4 is 27.4 Å². The minimum Gasteiger partial charge on any atom is -0.367 e. The van der Waals surface area contributed by atoms with Gasteiger partial charge in [-0.05, 0) is 25.3 Å². The molecule has 3 rings (SSSR count). The third kappa shape index (κ3) is 1.69. The molecule has 15 heavy (non-hydrogen) atoms.